The number of nitrogens with zero attached hydrogens (tertiary/aromatic N) is 2. The van der Waals surface area contributed by atoms with Crippen LogP contribution in [0, 0.1) is 25.7 Å². The number of hydrogen-bond donors (Lipinski definition) is 1. The van der Waals surface area contributed by atoms with E-state index in [2.05, 4.69) is 28.9 Å². The van der Waals surface area contributed by atoms with Gasteiger partial charge in [-0.15, -0.1) is 0 Å². The minimum Gasteiger partial charge on any atom is -0.377 e. The van der Waals surface area contributed by atoms with Gasteiger partial charge in [0.1, 0.15) is 5.76 Å². The molecule has 2 unspecified atom stereocenters. The number of fused-ring (bicyclic) bond motifs is 1. The van der Waals surface area contributed by atoms with E-state index in [1.165, 1.54) is 12.8 Å². The standard InChI is InChI=1S/C35H45N3O5S/c1-5-7-13-30-21-28-20-27(28)12-8-11-16-34(39)38(30)22-26-17-18-31(29(19-26)23-42-6-2)32-14-9-10-15-33(32)44(40,41)37-35-24(3)25(4)43-36-35/h9-10,14-15,17-19,21,27-28H,5-8,11-13,16,20,22-23H2,1-4H3,(H,36,37)/b30-21+. The first-order valence-corrected chi connectivity index (χ1v) is 17.5. The maximum Gasteiger partial charge on any atom is 0.263 e. The highest BCUT2D eigenvalue weighted by atomic mass is 32.2. The first kappa shape index (κ1) is 32.0. The number of benzene rings is 2. The van der Waals surface area contributed by atoms with Crippen molar-refractivity contribution in [3.8, 4) is 11.1 Å². The van der Waals surface area contributed by atoms with Gasteiger partial charge < -0.3 is 14.2 Å². The molecule has 2 heterocycles. The lowest BCUT2D eigenvalue weighted by Gasteiger charge is -2.27. The zero-order chi connectivity index (χ0) is 31.3. The van der Waals surface area contributed by atoms with Crippen molar-refractivity contribution in [1.29, 1.82) is 0 Å². The van der Waals surface area contributed by atoms with Gasteiger partial charge in [0, 0.05) is 29.9 Å². The van der Waals surface area contributed by atoms with Crippen LogP contribution in [-0.2, 0) is 32.7 Å². The molecule has 1 saturated carbocycles. The predicted molar refractivity (Wildman–Crippen MR) is 172 cm³/mol. The van der Waals surface area contributed by atoms with Crippen molar-refractivity contribution >= 4 is 21.7 Å². The van der Waals surface area contributed by atoms with Crippen LogP contribution in [0.4, 0.5) is 5.82 Å². The fraction of sp³-hybridized carbons (Fsp3) is 0.486. The molecule has 2 aliphatic rings. The molecule has 0 bridgehead atoms. The summed E-state index contributed by atoms with van der Waals surface area (Å²) in [6.07, 6.45) is 10.5. The monoisotopic (exact) mass is 619 g/mol. The zero-order valence-corrected chi connectivity index (χ0v) is 27.2. The van der Waals surface area contributed by atoms with Crippen molar-refractivity contribution in [3.63, 3.8) is 0 Å². The summed E-state index contributed by atoms with van der Waals surface area (Å²) < 4.78 is 40.9. The Bertz CT molecular complexity index is 1610. The van der Waals surface area contributed by atoms with Gasteiger partial charge in [-0.25, -0.2) is 8.42 Å². The summed E-state index contributed by atoms with van der Waals surface area (Å²) >= 11 is 0. The first-order chi connectivity index (χ1) is 21.2. The highest BCUT2D eigenvalue weighted by molar-refractivity contribution is 7.92. The second-order valence-corrected chi connectivity index (χ2v) is 13.7. The summed E-state index contributed by atoms with van der Waals surface area (Å²) in [5.74, 6) is 2.27. The van der Waals surface area contributed by atoms with Gasteiger partial charge in [0.2, 0.25) is 5.91 Å². The summed E-state index contributed by atoms with van der Waals surface area (Å²) in [5, 5.41) is 3.89. The van der Waals surface area contributed by atoms with Gasteiger partial charge >= 0.3 is 0 Å². The van der Waals surface area contributed by atoms with E-state index in [-0.39, 0.29) is 16.6 Å². The van der Waals surface area contributed by atoms with Crippen LogP contribution >= 0.6 is 0 Å². The number of amides is 1. The number of unbranched alkanes of at least 4 members (excludes halogenated alkanes) is 1. The van der Waals surface area contributed by atoms with E-state index in [0.29, 0.717) is 49.0 Å². The molecule has 1 aliphatic carbocycles. The molecule has 1 N–H and O–H groups in total. The van der Waals surface area contributed by atoms with Crippen molar-refractivity contribution in [1.82, 2.24) is 10.1 Å². The Morgan fingerprint density at radius 2 is 1.91 bits per heavy atom. The largest absolute Gasteiger partial charge is 0.377 e. The van der Waals surface area contributed by atoms with Crippen molar-refractivity contribution in [2.45, 2.75) is 97.1 Å². The number of nitrogens with one attached hydrogen (secondary N) is 1. The minimum absolute atomic E-state index is 0.139. The van der Waals surface area contributed by atoms with Crippen LogP contribution in [0.3, 0.4) is 0 Å². The zero-order valence-electron chi connectivity index (χ0n) is 26.4. The number of hydrogen-bond acceptors (Lipinski definition) is 6. The topological polar surface area (TPSA) is 102 Å². The molecule has 0 spiro atoms. The average Bonchev–Trinajstić information content (AvgIpc) is 3.70. The van der Waals surface area contributed by atoms with E-state index in [0.717, 1.165) is 60.4 Å². The number of carbonyl (C=O) groups excluding carboxylic acids is 1. The van der Waals surface area contributed by atoms with E-state index < -0.39 is 10.0 Å². The molecular weight excluding hydrogens is 574 g/mol. The molecule has 0 saturated heterocycles. The molecule has 44 heavy (non-hydrogen) atoms. The Kier molecular flexibility index (Phi) is 10.3. The lowest BCUT2D eigenvalue weighted by atomic mass is 9.97. The summed E-state index contributed by atoms with van der Waals surface area (Å²) in [7, 11) is -3.98. The highest BCUT2D eigenvalue weighted by Gasteiger charge is 2.36. The molecule has 5 rings (SSSR count). The van der Waals surface area contributed by atoms with Gasteiger partial charge in [-0.3, -0.25) is 9.52 Å². The van der Waals surface area contributed by atoms with Crippen molar-refractivity contribution < 1.29 is 22.5 Å². The fourth-order valence-corrected chi connectivity index (χ4v) is 7.31. The van der Waals surface area contributed by atoms with Crippen LogP contribution in [0.5, 0.6) is 0 Å². The Morgan fingerprint density at radius 3 is 2.66 bits per heavy atom. The van der Waals surface area contributed by atoms with E-state index >= 15 is 0 Å². The van der Waals surface area contributed by atoms with E-state index in [4.69, 9.17) is 9.26 Å². The maximum absolute atomic E-state index is 13.6. The molecule has 236 valence electrons. The molecule has 2 aromatic carbocycles. The van der Waals surface area contributed by atoms with Gasteiger partial charge in [0.15, 0.2) is 5.82 Å². The van der Waals surface area contributed by atoms with Crippen LogP contribution in [0.2, 0.25) is 0 Å². The lowest BCUT2D eigenvalue weighted by Crippen LogP contribution is -2.30. The third-order valence-corrected chi connectivity index (χ3v) is 10.3. The van der Waals surface area contributed by atoms with Gasteiger partial charge in [-0.1, -0.05) is 67.4 Å². The molecular formula is C35H45N3O5S. The number of anilines is 1. The number of rotatable bonds is 12. The molecule has 0 radical (unpaired) electrons. The third kappa shape index (κ3) is 7.44. The number of carbonyl (C=O) groups is 1. The number of allylic oxidation sites excluding steroid dienone is 2. The maximum atomic E-state index is 13.6. The second kappa shape index (κ2) is 14.1. The molecule has 1 fully saturated rings. The van der Waals surface area contributed by atoms with Gasteiger partial charge in [0.05, 0.1) is 18.0 Å². The van der Waals surface area contributed by atoms with E-state index in [9.17, 15) is 13.2 Å². The molecule has 1 aliphatic heterocycles. The van der Waals surface area contributed by atoms with Crippen LogP contribution in [0.1, 0.15) is 87.7 Å². The number of aromatic nitrogens is 1. The molecule has 1 amide bonds. The number of ether oxygens (including phenoxy) is 1. The Morgan fingerprint density at radius 1 is 1.09 bits per heavy atom. The summed E-state index contributed by atoms with van der Waals surface area (Å²) in [5.41, 5.74) is 5.00. The second-order valence-electron chi connectivity index (χ2n) is 12.1. The van der Waals surface area contributed by atoms with E-state index in [1.807, 2.05) is 36.1 Å². The van der Waals surface area contributed by atoms with Gasteiger partial charge in [0.25, 0.3) is 10.0 Å². The van der Waals surface area contributed by atoms with Crippen molar-refractivity contribution in [3.05, 3.63) is 76.7 Å². The molecule has 9 heteroatoms. The van der Waals surface area contributed by atoms with Crippen LogP contribution < -0.4 is 4.72 Å². The lowest BCUT2D eigenvalue weighted by molar-refractivity contribution is -0.130. The smallest absolute Gasteiger partial charge is 0.263 e. The molecule has 1 aromatic heterocycles. The highest BCUT2D eigenvalue weighted by Crippen LogP contribution is 2.45. The van der Waals surface area contributed by atoms with Gasteiger partial charge in [-0.2, -0.15) is 0 Å². The van der Waals surface area contributed by atoms with Gasteiger partial charge in [-0.05, 0) is 87.5 Å². The van der Waals surface area contributed by atoms with Crippen molar-refractivity contribution in [2.75, 3.05) is 11.3 Å². The van der Waals surface area contributed by atoms with Crippen LogP contribution in [0.15, 0.2) is 63.7 Å². The molecule has 3 aromatic rings. The Balaban J connectivity index is 1.50. The fourth-order valence-electron chi connectivity index (χ4n) is 6.03. The van der Waals surface area contributed by atoms with Crippen LogP contribution in [-0.4, -0.2) is 31.0 Å². The SMILES string of the molecule is CCCC/C1=C\C2CC2CCCCC(=O)N1Cc1ccc(-c2ccccc2S(=O)(=O)Nc2noc(C)c2C)c(COCC)c1. The summed E-state index contributed by atoms with van der Waals surface area (Å²) in [6, 6.07) is 13.0. The third-order valence-electron chi connectivity index (χ3n) is 8.86. The first-order valence-electron chi connectivity index (χ1n) is 16.0. The van der Waals surface area contributed by atoms with Crippen molar-refractivity contribution in [2.24, 2.45) is 11.8 Å². The predicted octanol–water partition coefficient (Wildman–Crippen LogP) is 7.91. The average molecular weight is 620 g/mol. The Hall–Kier alpha value is -3.43. The molecule has 2 atom stereocenters. The van der Waals surface area contributed by atoms with E-state index in [1.54, 1.807) is 26.0 Å². The quantitative estimate of drug-likeness (QED) is 0.221. The minimum atomic E-state index is -3.98. The Labute approximate surface area is 261 Å². The normalized spacial score (nSPS) is 20.1. The number of sulfonamides is 1. The van der Waals surface area contributed by atoms with Crippen LogP contribution in [0.25, 0.3) is 11.1 Å². The number of aryl methyl sites for hydroxylation is 1. The summed E-state index contributed by atoms with van der Waals surface area (Å²) in [6.45, 7) is 8.95. The summed E-state index contributed by atoms with van der Waals surface area (Å²) in [4.78, 5) is 15.7. The molecule has 8 nitrogen and oxygen atoms in total.